The average molecular weight is 237 g/mol. The third-order valence-electron chi connectivity index (χ3n) is 3.71. The first-order valence-corrected chi connectivity index (χ1v) is 5.60. The standard InChI is InChI=1S/C11H13ClN4/c1-10(2)4-11(10,13)6-3-14-9-7(6)8(12)15-5-16-9/h3,5H,4,13H2,1-2H3,(H,14,15,16). The number of hydrogen-bond donors (Lipinski definition) is 2. The van der Waals surface area contributed by atoms with Gasteiger partial charge in [0, 0.05) is 17.3 Å². The number of fused-ring (bicyclic) bond motifs is 1. The van der Waals surface area contributed by atoms with Gasteiger partial charge in [-0.05, 0) is 11.8 Å². The maximum absolute atomic E-state index is 6.39. The van der Waals surface area contributed by atoms with Crippen LogP contribution in [-0.4, -0.2) is 15.0 Å². The van der Waals surface area contributed by atoms with Gasteiger partial charge >= 0.3 is 0 Å². The molecule has 5 heteroatoms. The molecule has 0 amide bonds. The molecule has 1 atom stereocenters. The van der Waals surface area contributed by atoms with Gasteiger partial charge in [0.15, 0.2) is 0 Å². The van der Waals surface area contributed by atoms with Crippen molar-refractivity contribution in [1.29, 1.82) is 0 Å². The lowest BCUT2D eigenvalue weighted by molar-refractivity contribution is 0.512. The minimum atomic E-state index is -0.306. The Bertz CT molecular complexity index is 574. The Kier molecular flexibility index (Phi) is 1.73. The molecule has 3 N–H and O–H groups in total. The number of hydrogen-bond acceptors (Lipinski definition) is 3. The largest absolute Gasteiger partial charge is 0.346 e. The van der Waals surface area contributed by atoms with Gasteiger partial charge in [0.2, 0.25) is 0 Å². The highest BCUT2D eigenvalue weighted by Gasteiger charge is 2.60. The fraction of sp³-hybridized carbons (Fsp3) is 0.455. The number of aromatic nitrogens is 3. The van der Waals surface area contributed by atoms with E-state index >= 15 is 0 Å². The van der Waals surface area contributed by atoms with E-state index < -0.39 is 0 Å². The Balaban J connectivity index is 2.27. The van der Waals surface area contributed by atoms with Crippen LogP contribution in [0.4, 0.5) is 0 Å². The van der Waals surface area contributed by atoms with Gasteiger partial charge in [0.25, 0.3) is 0 Å². The smallest absolute Gasteiger partial charge is 0.142 e. The second kappa shape index (κ2) is 2.76. The van der Waals surface area contributed by atoms with Crippen LogP contribution in [0.5, 0.6) is 0 Å². The summed E-state index contributed by atoms with van der Waals surface area (Å²) in [4.78, 5) is 11.3. The molecule has 0 radical (unpaired) electrons. The Morgan fingerprint density at radius 1 is 1.44 bits per heavy atom. The maximum Gasteiger partial charge on any atom is 0.142 e. The van der Waals surface area contributed by atoms with Crippen molar-refractivity contribution in [2.75, 3.05) is 0 Å². The first-order chi connectivity index (χ1) is 7.46. The zero-order valence-corrected chi connectivity index (χ0v) is 9.97. The molecule has 3 rings (SSSR count). The van der Waals surface area contributed by atoms with Crippen molar-refractivity contribution in [3.05, 3.63) is 23.2 Å². The Morgan fingerprint density at radius 3 is 2.75 bits per heavy atom. The van der Waals surface area contributed by atoms with Crippen LogP contribution < -0.4 is 5.73 Å². The van der Waals surface area contributed by atoms with E-state index in [1.54, 1.807) is 0 Å². The molecule has 1 unspecified atom stereocenters. The minimum absolute atomic E-state index is 0.112. The predicted octanol–water partition coefficient (Wildman–Crippen LogP) is 2.20. The first kappa shape index (κ1) is 10.1. The Morgan fingerprint density at radius 2 is 2.12 bits per heavy atom. The van der Waals surface area contributed by atoms with Crippen molar-refractivity contribution in [3.63, 3.8) is 0 Å². The summed E-state index contributed by atoms with van der Waals surface area (Å²) in [5, 5.41) is 1.33. The van der Waals surface area contributed by atoms with E-state index in [0.717, 1.165) is 23.0 Å². The van der Waals surface area contributed by atoms with Crippen molar-refractivity contribution >= 4 is 22.6 Å². The zero-order chi connectivity index (χ0) is 11.6. The van der Waals surface area contributed by atoms with E-state index in [-0.39, 0.29) is 11.0 Å². The van der Waals surface area contributed by atoms with Crippen LogP contribution in [0.15, 0.2) is 12.5 Å². The lowest BCUT2D eigenvalue weighted by Gasteiger charge is -2.14. The number of nitrogens with zero attached hydrogens (tertiary/aromatic N) is 2. The zero-order valence-electron chi connectivity index (χ0n) is 9.21. The summed E-state index contributed by atoms with van der Waals surface area (Å²) in [6.45, 7) is 4.31. The fourth-order valence-corrected chi connectivity index (χ4v) is 2.62. The van der Waals surface area contributed by atoms with Gasteiger partial charge in [-0.15, -0.1) is 0 Å². The van der Waals surface area contributed by atoms with Crippen molar-refractivity contribution in [2.24, 2.45) is 11.1 Å². The highest BCUT2D eigenvalue weighted by Crippen LogP contribution is 2.61. The third-order valence-corrected chi connectivity index (χ3v) is 3.99. The van der Waals surface area contributed by atoms with Gasteiger partial charge < -0.3 is 10.7 Å². The molecular formula is C11H13ClN4. The van der Waals surface area contributed by atoms with Crippen molar-refractivity contribution in [1.82, 2.24) is 15.0 Å². The summed E-state index contributed by atoms with van der Waals surface area (Å²) in [6.07, 6.45) is 4.31. The van der Waals surface area contributed by atoms with E-state index in [1.807, 2.05) is 6.20 Å². The van der Waals surface area contributed by atoms with Crippen molar-refractivity contribution in [3.8, 4) is 0 Å². The van der Waals surface area contributed by atoms with E-state index in [1.165, 1.54) is 6.33 Å². The summed E-state index contributed by atoms with van der Waals surface area (Å²) in [6, 6.07) is 0. The quantitative estimate of drug-likeness (QED) is 0.746. The van der Waals surface area contributed by atoms with Crippen LogP contribution in [0.2, 0.25) is 5.15 Å². The molecule has 0 aliphatic heterocycles. The van der Waals surface area contributed by atoms with Crippen LogP contribution in [0.25, 0.3) is 11.0 Å². The molecule has 1 aliphatic rings. The van der Waals surface area contributed by atoms with Crippen molar-refractivity contribution in [2.45, 2.75) is 25.8 Å². The molecule has 1 aliphatic carbocycles. The van der Waals surface area contributed by atoms with Crippen LogP contribution in [0, 0.1) is 5.41 Å². The Labute approximate surface area is 98.2 Å². The molecule has 2 heterocycles. The highest BCUT2D eigenvalue weighted by atomic mass is 35.5. The number of aromatic amines is 1. The molecule has 0 spiro atoms. The molecule has 84 valence electrons. The predicted molar refractivity (Wildman–Crippen MR) is 63.2 cm³/mol. The fourth-order valence-electron chi connectivity index (χ4n) is 2.39. The molecule has 0 saturated heterocycles. The maximum atomic E-state index is 6.39. The minimum Gasteiger partial charge on any atom is -0.346 e. The van der Waals surface area contributed by atoms with E-state index in [2.05, 4.69) is 28.8 Å². The van der Waals surface area contributed by atoms with E-state index in [0.29, 0.717) is 5.15 Å². The number of nitrogens with two attached hydrogens (primary N) is 1. The molecule has 2 aromatic heterocycles. The molecule has 2 aromatic rings. The number of rotatable bonds is 1. The van der Waals surface area contributed by atoms with Gasteiger partial charge in [-0.1, -0.05) is 25.4 Å². The second-order valence-electron chi connectivity index (χ2n) is 5.12. The van der Waals surface area contributed by atoms with Crippen LogP contribution in [0.3, 0.4) is 0 Å². The van der Waals surface area contributed by atoms with Crippen LogP contribution in [-0.2, 0) is 5.54 Å². The second-order valence-corrected chi connectivity index (χ2v) is 5.48. The lowest BCUT2D eigenvalue weighted by atomic mass is 9.98. The van der Waals surface area contributed by atoms with E-state index in [4.69, 9.17) is 17.3 Å². The molecule has 16 heavy (non-hydrogen) atoms. The summed E-state index contributed by atoms with van der Waals surface area (Å²) in [5.41, 5.74) is 7.98. The Hall–Kier alpha value is -1.13. The van der Waals surface area contributed by atoms with Gasteiger partial charge in [0.1, 0.15) is 17.1 Å². The third kappa shape index (κ3) is 1.09. The molecule has 4 nitrogen and oxygen atoms in total. The van der Waals surface area contributed by atoms with Crippen molar-refractivity contribution < 1.29 is 0 Å². The molecule has 1 saturated carbocycles. The average Bonchev–Trinajstić information content (AvgIpc) is 2.62. The summed E-state index contributed by atoms with van der Waals surface area (Å²) in [7, 11) is 0. The lowest BCUT2D eigenvalue weighted by Crippen LogP contribution is -2.25. The summed E-state index contributed by atoms with van der Waals surface area (Å²) < 4.78 is 0. The SMILES string of the molecule is CC1(C)CC1(N)c1c[nH]c2ncnc(Cl)c12. The van der Waals surface area contributed by atoms with Gasteiger partial charge in [-0.25, -0.2) is 9.97 Å². The van der Waals surface area contributed by atoms with Gasteiger partial charge in [0.05, 0.1) is 5.39 Å². The summed E-state index contributed by atoms with van der Waals surface area (Å²) in [5.74, 6) is 0. The number of H-pyrrole nitrogens is 1. The number of halogens is 1. The normalized spacial score (nSPS) is 27.2. The number of nitrogens with one attached hydrogen (secondary N) is 1. The highest BCUT2D eigenvalue weighted by molar-refractivity contribution is 6.34. The first-order valence-electron chi connectivity index (χ1n) is 5.23. The monoisotopic (exact) mass is 236 g/mol. The molecular weight excluding hydrogens is 224 g/mol. The summed E-state index contributed by atoms with van der Waals surface area (Å²) >= 11 is 6.10. The van der Waals surface area contributed by atoms with Crippen LogP contribution >= 0.6 is 11.6 Å². The van der Waals surface area contributed by atoms with E-state index in [9.17, 15) is 0 Å². The molecule has 1 fully saturated rings. The molecule has 0 aromatic carbocycles. The van der Waals surface area contributed by atoms with Gasteiger partial charge in [-0.3, -0.25) is 0 Å². The topological polar surface area (TPSA) is 67.6 Å². The van der Waals surface area contributed by atoms with Crippen LogP contribution in [0.1, 0.15) is 25.8 Å². The van der Waals surface area contributed by atoms with Gasteiger partial charge in [-0.2, -0.15) is 0 Å². The molecule has 0 bridgehead atoms.